The summed E-state index contributed by atoms with van der Waals surface area (Å²) >= 11 is 0. The third-order valence-corrected chi connectivity index (χ3v) is 6.22. The molecule has 0 aliphatic heterocycles. The molecule has 0 atom stereocenters. The first-order valence-electron chi connectivity index (χ1n) is 14.8. The van der Waals surface area contributed by atoms with Crippen LogP contribution in [0.25, 0.3) is 34.1 Å². The highest BCUT2D eigenvalue weighted by Gasteiger charge is 2.24. The maximum Gasteiger partial charge on any atom is 0.360 e. The molecule has 4 heterocycles. The summed E-state index contributed by atoms with van der Waals surface area (Å²) in [6, 6.07) is 17.1. The molecule has 0 bridgehead atoms. The normalized spacial score (nSPS) is 11.0. The lowest BCUT2D eigenvalue weighted by atomic mass is 10.1. The second-order valence-electron chi connectivity index (χ2n) is 10.8. The van der Waals surface area contributed by atoms with Gasteiger partial charge in [-0.2, -0.15) is 0 Å². The predicted octanol–water partition coefficient (Wildman–Crippen LogP) is 7.38. The van der Waals surface area contributed by atoms with E-state index in [1.807, 2.05) is 48.5 Å². The minimum absolute atomic E-state index is 0.246. The Kier molecular flexibility index (Phi) is 11.0. The number of carbonyl (C=O) groups excluding carboxylic acids is 2. The van der Waals surface area contributed by atoms with E-state index in [2.05, 4.69) is 47.6 Å². The van der Waals surface area contributed by atoms with Gasteiger partial charge in [0.15, 0.2) is 11.4 Å². The second kappa shape index (κ2) is 15.0. The first kappa shape index (κ1) is 32.1. The molecular formula is C34H38N4O6. The van der Waals surface area contributed by atoms with Crippen molar-refractivity contribution in [1.29, 1.82) is 0 Å². The number of carbonyl (C=O) groups is 2. The van der Waals surface area contributed by atoms with Crippen molar-refractivity contribution in [2.24, 2.45) is 11.8 Å². The quantitative estimate of drug-likeness (QED) is 0.150. The number of rotatable bonds is 10. The van der Waals surface area contributed by atoms with E-state index in [0.29, 0.717) is 72.6 Å². The van der Waals surface area contributed by atoms with Crippen LogP contribution in [0.15, 0.2) is 69.6 Å². The number of esters is 2. The predicted molar refractivity (Wildman–Crippen MR) is 166 cm³/mol. The van der Waals surface area contributed by atoms with Crippen molar-refractivity contribution in [2.45, 2.75) is 54.4 Å². The molecule has 10 nitrogen and oxygen atoms in total. The average molecular weight is 599 g/mol. The Bertz CT molecular complexity index is 1690. The maximum atomic E-state index is 12.1. The Morgan fingerprint density at radius 2 is 1.23 bits per heavy atom. The number of fused-ring (bicyclic) bond motifs is 1. The van der Waals surface area contributed by atoms with E-state index < -0.39 is 11.9 Å². The van der Waals surface area contributed by atoms with Gasteiger partial charge in [-0.05, 0) is 49.9 Å². The number of aromatic nitrogens is 4. The molecule has 0 N–H and O–H groups in total. The van der Waals surface area contributed by atoms with E-state index in [0.717, 1.165) is 10.9 Å². The summed E-state index contributed by atoms with van der Waals surface area (Å²) < 4.78 is 21.7. The zero-order valence-corrected chi connectivity index (χ0v) is 26.0. The van der Waals surface area contributed by atoms with Crippen LogP contribution in [0.5, 0.6) is 0 Å². The van der Waals surface area contributed by atoms with Gasteiger partial charge >= 0.3 is 11.9 Å². The molecule has 0 radical (unpaired) electrons. The molecule has 0 spiro atoms. The topological polar surface area (TPSA) is 130 Å². The lowest BCUT2D eigenvalue weighted by Crippen LogP contribution is -2.09. The average Bonchev–Trinajstić information content (AvgIpc) is 3.62. The van der Waals surface area contributed by atoms with Crippen LogP contribution in [-0.4, -0.2) is 45.1 Å². The Hall–Kier alpha value is -4.86. The number of para-hydroxylation sites is 1. The van der Waals surface area contributed by atoms with Crippen molar-refractivity contribution >= 4 is 22.8 Å². The molecule has 5 aromatic rings. The minimum atomic E-state index is -0.455. The lowest BCUT2D eigenvalue weighted by Gasteiger charge is -2.03. The molecule has 0 fully saturated rings. The summed E-state index contributed by atoms with van der Waals surface area (Å²) in [5.41, 5.74) is 2.57. The van der Waals surface area contributed by atoms with Crippen molar-refractivity contribution < 1.29 is 27.9 Å². The third-order valence-electron chi connectivity index (χ3n) is 6.22. The summed E-state index contributed by atoms with van der Waals surface area (Å²) in [5.74, 6) is 1.59. The summed E-state index contributed by atoms with van der Waals surface area (Å²) in [5, 5.41) is 1.04. The summed E-state index contributed by atoms with van der Waals surface area (Å²) in [4.78, 5) is 41.4. The first-order chi connectivity index (χ1) is 21.2. The smallest absolute Gasteiger partial charge is 0.360 e. The van der Waals surface area contributed by atoms with Crippen molar-refractivity contribution in [1.82, 2.24) is 19.9 Å². The van der Waals surface area contributed by atoms with Crippen LogP contribution >= 0.6 is 0 Å². The molecule has 0 saturated heterocycles. The van der Waals surface area contributed by atoms with Gasteiger partial charge in [-0.25, -0.2) is 24.5 Å². The second-order valence-corrected chi connectivity index (χ2v) is 10.8. The molecule has 10 heteroatoms. The Morgan fingerprint density at radius 3 is 1.75 bits per heavy atom. The van der Waals surface area contributed by atoms with Crippen molar-refractivity contribution in [2.75, 3.05) is 13.2 Å². The number of ether oxygens (including phenoxy) is 2. The van der Waals surface area contributed by atoms with Gasteiger partial charge < -0.3 is 18.3 Å². The number of pyridine rings is 2. The Morgan fingerprint density at radius 1 is 0.682 bits per heavy atom. The van der Waals surface area contributed by atoms with Gasteiger partial charge in [-0.3, -0.25) is 4.98 Å². The molecule has 0 amide bonds. The molecule has 4 aromatic heterocycles. The highest BCUT2D eigenvalue weighted by Crippen LogP contribution is 2.26. The number of benzene rings is 1. The fourth-order valence-electron chi connectivity index (χ4n) is 4.33. The van der Waals surface area contributed by atoms with Crippen LogP contribution in [-0.2, 0) is 22.3 Å². The van der Waals surface area contributed by atoms with Gasteiger partial charge in [0, 0.05) is 24.4 Å². The van der Waals surface area contributed by atoms with Gasteiger partial charge in [0.1, 0.15) is 22.9 Å². The maximum absolute atomic E-state index is 12.1. The van der Waals surface area contributed by atoms with Gasteiger partial charge in [0.05, 0.1) is 18.7 Å². The van der Waals surface area contributed by atoms with Crippen molar-refractivity contribution in [3.63, 3.8) is 0 Å². The molecule has 0 saturated carbocycles. The standard InChI is InChI=1S/C19H20N2O3.C15H18N2O3/c1-4-23-19(22)17-16(11-12(2)3)24-18(21-17)15-10-9-13-7-5-6-8-14(13)20-15;1-4-19-15(18)13-12(9-10(2)3)20-14(17-13)11-7-5-6-8-16-11/h5-10,12H,4,11H2,1-3H3;5-8,10H,4,9H2,1-3H3. The van der Waals surface area contributed by atoms with E-state index in [4.69, 9.17) is 18.3 Å². The molecule has 5 rings (SSSR count). The van der Waals surface area contributed by atoms with Gasteiger partial charge in [-0.15, -0.1) is 0 Å². The first-order valence-corrected chi connectivity index (χ1v) is 14.8. The zero-order valence-electron chi connectivity index (χ0n) is 26.0. The van der Waals surface area contributed by atoms with Gasteiger partial charge in [0.2, 0.25) is 11.8 Å². The van der Waals surface area contributed by atoms with Crippen LogP contribution in [0.3, 0.4) is 0 Å². The summed E-state index contributed by atoms with van der Waals surface area (Å²) in [7, 11) is 0. The van der Waals surface area contributed by atoms with Crippen molar-refractivity contribution in [3.05, 3.63) is 83.7 Å². The third kappa shape index (κ3) is 8.15. The minimum Gasteiger partial charge on any atom is -0.461 e. The zero-order chi connectivity index (χ0) is 31.6. The van der Waals surface area contributed by atoms with E-state index in [-0.39, 0.29) is 11.4 Å². The van der Waals surface area contributed by atoms with Gasteiger partial charge in [0.25, 0.3) is 0 Å². The number of oxazole rings is 2. The molecule has 230 valence electrons. The lowest BCUT2D eigenvalue weighted by molar-refractivity contribution is 0.0507. The largest absolute Gasteiger partial charge is 0.461 e. The Balaban J connectivity index is 0.000000204. The fourth-order valence-corrected chi connectivity index (χ4v) is 4.33. The fraction of sp³-hybridized carbons (Fsp3) is 0.353. The summed E-state index contributed by atoms with van der Waals surface area (Å²) in [6.45, 7) is 12.4. The molecule has 0 aliphatic carbocycles. The van der Waals surface area contributed by atoms with Crippen LogP contribution in [0, 0.1) is 11.8 Å². The van der Waals surface area contributed by atoms with Gasteiger partial charge in [-0.1, -0.05) is 58.0 Å². The molecule has 0 aliphatic rings. The van der Waals surface area contributed by atoms with E-state index in [1.165, 1.54) is 0 Å². The monoisotopic (exact) mass is 598 g/mol. The molecule has 0 unspecified atom stereocenters. The van der Waals surface area contributed by atoms with E-state index in [1.54, 1.807) is 26.1 Å². The molecular weight excluding hydrogens is 560 g/mol. The van der Waals surface area contributed by atoms with Crippen molar-refractivity contribution in [3.8, 4) is 23.2 Å². The molecule has 1 aromatic carbocycles. The number of hydrogen-bond acceptors (Lipinski definition) is 10. The van der Waals surface area contributed by atoms with Crippen LogP contribution in [0.1, 0.15) is 74.0 Å². The number of nitrogens with zero attached hydrogens (tertiary/aromatic N) is 4. The Labute approximate surface area is 256 Å². The van der Waals surface area contributed by atoms with Crippen LogP contribution < -0.4 is 0 Å². The van der Waals surface area contributed by atoms with E-state index in [9.17, 15) is 9.59 Å². The molecule has 44 heavy (non-hydrogen) atoms. The SMILES string of the molecule is CCOC(=O)c1nc(-c2ccc3ccccc3n2)oc1CC(C)C.CCOC(=O)c1nc(-c2ccccn2)oc1CC(C)C. The summed E-state index contributed by atoms with van der Waals surface area (Å²) in [6.07, 6.45) is 2.91. The van der Waals surface area contributed by atoms with Crippen LogP contribution in [0.2, 0.25) is 0 Å². The highest BCUT2D eigenvalue weighted by atomic mass is 16.5. The van der Waals surface area contributed by atoms with E-state index >= 15 is 0 Å². The van der Waals surface area contributed by atoms with Crippen LogP contribution in [0.4, 0.5) is 0 Å². The number of hydrogen-bond donors (Lipinski definition) is 0. The highest BCUT2D eigenvalue weighted by molar-refractivity contribution is 5.89.